The molecule has 0 aliphatic carbocycles. The SMILES string of the molecule is Cc1cnc(NC(=O)c2c[nH]c(=S)n2-c2ccc(F)cc2)s1. The Morgan fingerprint density at radius 1 is 1.41 bits per heavy atom. The van der Waals surface area contributed by atoms with E-state index in [2.05, 4.69) is 15.3 Å². The topological polar surface area (TPSA) is 62.7 Å². The number of hydrogen-bond acceptors (Lipinski definition) is 4. The standard InChI is InChI=1S/C14H11FN4OS2/c1-8-6-16-13(22-8)18-12(20)11-7-17-14(21)19(11)10-4-2-9(15)3-5-10/h2-7H,1H3,(H,17,21)(H,16,18,20). The van der Waals surface area contributed by atoms with Gasteiger partial charge in [-0.2, -0.15) is 0 Å². The van der Waals surface area contributed by atoms with Gasteiger partial charge in [0.2, 0.25) is 0 Å². The number of aromatic amines is 1. The number of anilines is 1. The third-order valence-corrected chi connectivity index (χ3v) is 4.06. The van der Waals surface area contributed by atoms with Crippen molar-refractivity contribution in [2.45, 2.75) is 6.92 Å². The van der Waals surface area contributed by atoms with Gasteiger partial charge in [-0.1, -0.05) is 0 Å². The number of aromatic nitrogens is 3. The smallest absolute Gasteiger partial charge is 0.276 e. The van der Waals surface area contributed by atoms with Crippen LogP contribution in [0.4, 0.5) is 9.52 Å². The van der Waals surface area contributed by atoms with Gasteiger partial charge in [0.15, 0.2) is 9.90 Å². The van der Waals surface area contributed by atoms with E-state index in [1.54, 1.807) is 22.9 Å². The molecule has 0 spiro atoms. The second-order valence-electron chi connectivity index (χ2n) is 4.52. The maximum atomic E-state index is 13.0. The Kier molecular flexibility index (Phi) is 3.86. The van der Waals surface area contributed by atoms with Crippen LogP contribution in [0.25, 0.3) is 5.69 Å². The van der Waals surface area contributed by atoms with E-state index in [0.29, 0.717) is 21.3 Å². The summed E-state index contributed by atoms with van der Waals surface area (Å²) in [6.45, 7) is 1.91. The third-order valence-electron chi connectivity index (χ3n) is 2.94. The predicted octanol–water partition coefficient (Wildman–Crippen LogP) is 3.69. The molecule has 0 atom stereocenters. The van der Waals surface area contributed by atoms with Crippen LogP contribution in [-0.4, -0.2) is 20.4 Å². The van der Waals surface area contributed by atoms with Crippen molar-refractivity contribution in [3.8, 4) is 5.69 Å². The van der Waals surface area contributed by atoms with Crippen molar-refractivity contribution in [2.24, 2.45) is 0 Å². The van der Waals surface area contributed by atoms with Gasteiger partial charge in [0, 0.05) is 23.0 Å². The molecule has 0 fully saturated rings. The summed E-state index contributed by atoms with van der Waals surface area (Å²) in [7, 11) is 0. The van der Waals surface area contributed by atoms with Crippen LogP contribution in [0.5, 0.6) is 0 Å². The number of thiazole rings is 1. The van der Waals surface area contributed by atoms with E-state index in [1.165, 1.54) is 29.7 Å². The van der Waals surface area contributed by atoms with Crippen LogP contribution in [0.1, 0.15) is 15.4 Å². The number of amides is 1. The molecular formula is C14H11FN4OS2. The molecule has 112 valence electrons. The number of hydrogen-bond donors (Lipinski definition) is 2. The molecule has 2 N–H and O–H groups in total. The number of rotatable bonds is 3. The number of nitrogens with zero attached hydrogens (tertiary/aromatic N) is 2. The Bertz CT molecular complexity index is 879. The summed E-state index contributed by atoms with van der Waals surface area (Å²) < 4.78 is 14.9. The molecular weight excluding hydrogens is 323 g/mol. The van der Waals surface area contributed by atoms with Gasteiger partial charge in [-0.25, -0.2) is 9.37 Å². The highest BCUT2D eigenvalue weighted by Crippen LogP contribution is 2.19. The first-order valence-electron chi connectivity index (χ1n) is 6.35. The van der Waals surface area contributed by atoms with E-state index in [4.69, 9.17) is 12.2 Å². The largest absolute Gasteiger partial charge is 0.336 e. The minimum absolute atomic E-state index is 0.324. The van der Waals surface area contributed by atoms with E-state index in [1.807, 2.05) is 6.92 Å². The van der Waals surface area contributed by atoms with Crippen LogP contribution in [0.2, 0.25) is 0 Å². The van der Waals surface area contributed by atoms with E-state index < -0.39 is 0 Å². The zero-order chi connectivity index (χ0) is 15.7. The van der Waals surface area contributed by atoms with Crippen LogP contribution in [0, 0.1) is 17.5 Å². The van der Waals surface area contributed by atoms with Gasteiger partial charge < -0.3 is 4.98 Å². The van der Waals surface area contributed by atoms with E-state index >= 15 is 0 Å². The predicted molar refractivity (Wildman–Crippen MR) is 85.7 cm³/mol. The lowest BCUT2D eigenvalue weighted by atomic mass is 10.3. The number of H-pyrrole nitrogens is 1. The zero-order valence-electron chi connectivity index (χ0n) is 11.5. The number of aryl methyl sites for hydroxylation is 1. The molecule has 8 heteroatoms. The van der Waals surface area contributed by atoms with E-state index in [-0.39, 0.29) is 11.7 Å². The summed E-state index contributed by atoms with van der Waals surface area (Å²) in [4.78, 5) is 20.3. The van der Waals surface area contributed by atoms with Crippen molar-refractivity contribution < 1.29 is 9.18 Å². The van der Waals surface area contributed by atoms with Crippen molar-refractivity contribution in [2.75, 3.05) is 5.32 Å². The Morgan fingerprint density at radius 2 is 2.14 bits per heavy atom. The molecule has 0 bridgehead atoms. The van der Waals surface area contributed by atoms with Crippen LogP contribution in [0.3, 0.4) is 0 Å². The minimum Gasteiger partial charge on any atom is -0.336 e. The van der Waals surface area contributed by atoms with Gasteiger partial charge in [-0.15, -0.1) is 11.3 Å². The molecule has 0 aliphatic rings. The summed E-state index contributed by atoms with van der Waals surface area (Å²) in [5.74, 6) is -0.693. The number of carbonyl (C=O) groups is 1. The van der Waals surface area contributed by atoms with Gasteiger partial charge in [0.1, 0.15) is 11.5 Å². The maximum Gasteiger partial charge on any atom is 0.276 e. The van der Waals surface area contributed by atoms with E-state index in [0.717, 1.165) is 4.88 Å². The highest BCUT2D eigenvalue weighted by molar-refractivity contribution is 7.71. The summed E-state index contributed by atoms with van der Waals surface area (Å²) in [6.07, 6.45) is 3.20. The molecule has 0 saturated carbocycles. The number of carbonyl (C=O) groups excluding carboxylic acids is 1. The first-order valence-corrected chi connectivity index (χ1v) is 7.57. The van der Waals surface area contributed by atoms with Crippen molar-refractivity contribution in [1.82, 2.24) is 14.5 Å². The van der Waals surface area contributed by atoms with Crippen molar-refractivity contribution in [3.05, 3.63) is 57.8 Å². The fraction of sp³-hybridized carbons (Fsp3) is 0.0714. The third kappa shape index (κ3) is 2.83. The summed E-state index contributed by atoms with van der Waals surface area (Å²) in [5, 5.41) is 3.24. The lowest BCUT2D eigenvalue weighted by molar-refractivity contribution is 0.102. The lowest BCUT2D eigenvalue weighted by Gasteiger charge is -2.07. The molecule has 0 unspecified atom stereocenters. The molecule has 3 rings (SSSR count). The van der Waals surface area contributed by atoms with Crippen molar-refractivity contribution >= 4 is 34.6 Å². The summed E-state index contributed by atoms with van der Waals surface area (Å²) >= 11 is 6.58. The molecule has 2 aromatic heterocycles. The van der Waals surface area contributed by atoms with Crippen LogP contribution in [0.15, 0.2) is 36.7 Å². The normalized spacial score (nSPS) is 10.6. The maximum absolute atomic E-state index is 13.0. The second kappa shape index (κ2) is 5.82. The minimum atomic E-state index is -0.352. The Balaban J connectivity index is 1.96. The number of nitrogens with one attached hydrogen (secondary N) is 2. The number of halogens is 1. The fourth-order valence-electron chi connectivity index (χ4n) is 1.96. The Hall–Kier alpha value is -2.32. The lowest BCUT2D eigenvalue weighted by Crippen LogP contribution is -2.16. The second-order valence-corrected chi connectivity index (χ2v) is 6.14. The molecule has 1 amide bonds. The van der Waals surface area contributed by atoms with Crippen molar-refractivity contribution in [3.63, 3.8) is 0 Å². The van der Waals surface area contributed by atoms with E-state index in [9.17, 15) is 9.18 Å². The van der Waals surface area contributed by atoms with Gasteiger partial charge >= 0.3 is 0 Å². The van der Waals surface area contributed by atoms with Gasteiger partial charge in [0.25, 0.3) is 5.91 Å². The first kappa shape index (κ1) is 14.6. The molecule has 1 aromatic carbocycles. The highest BCUT2D eigenvalue weighted by Gasteiger charge is 2.15. The average molecular weight is 334 g/mol. The summed E-state index contributed by atoms with van der Waals surface area (Å²) in [5.41, 5.74) is 0.928. The van der Waals surface area contributed by atoms with Gasteiger partial charge in [-0.05, 0) is 43.4 Å². The number of imidazole rings is 1. The molecule has 0 saturated heterocycles. The van der Waals surface area contributed by atoms with Crippen molar-refractivity contribution in [1.29, 1.82) is 0 Å². The van der Waals surface area contributed by atoms with Gasteiger partial charge in [-0.3, -0.25) is 14.7 Å². The quantitative estimate of drug-likeness (QED) is 0.718. The molecule has 3 aromatic rings. The highest BCUT2D eigenvalue weighted by atomic mass is 32.1. The average Bonchev–Trinajstić information content (AvgIpc) is 3.06. The van der Waals surface area contributed by atoms with Crippen LogP contribution < -0.4 is 5.32 Å². The molecule has 0 radical (unpaired) electrons. The summed E-state index contributed by atoms with van der Waals surface area (Å²) in [6, 6.07) is 5.75. The molecule has 5 nitrogen and oxygen atoms in total. The number of benzene rings is 1. The van der Waals surface area contributed by atoms with Crippen LogP contribution in [-0.2, 0) is 0 Å². The monoisotopic (exact) mass is 334 g/mol. The fourth-order valence-corrected chi connectivity index (χ4v) is 2.88. The molecule has 0 aliphatic heterocycles. The first-order chi connectivity index (χ1) is 10.5. The zero-order valence-corrected chi connectivity index (χ0v) is 13.1. The van der Waals surface area contributed by atoms with Gasteiger partial charge in [0.05, 0.1) is 0 Å². The van der Waals surface area contributed by atoms with Crippen LogP contribution >= 0.6 is 23.6 Å². The Morgan fingerprint density at radius 3 is 2.77 bits per heavy atom. The molecule has 2 heterocycles. The molecule has 22 heavy (non-hydrogen) atoms. The Labute approximate surface area is 134 Å².